The predicted octanol–water partition coefficient (Wildman–Crippen LogP) is 3.03. The number of hydrogen-bond donors (Lipinski definition) is 1. The number of rotatable bonds is 5. The Labute approximate surface area is 115 Å². The lowest BCUT2D eigenvalue weighted by atomic mass is 10.1. The summed E-state index contributed by atoms with van der Waals surface area (Å²) < 4.78 is 0. The molecule has 0 aliphatic carbocycles. The van der Waals surface area contributed by atoms with E-state index in [-0.39, 0.29) is 6.42 Å². The largest absolute Gasteiger partial charge is 0.475 e. The molecule has 0 saturated heterocycles. The molecular formula is C15H12O3S. The van der Waals surface area contributed by atoms with Gasteiger partial charge in [-0.2, -0.15) is 0 Å². The first-order valence-corrected chi connectivity index (χ1v) is 6.55. The van der Waals surface area contributed by atoms with E-state index in [1.807, 2.05) is 42.5 Å². The van der Waals surface area contributed by atoms with Crippen LogP contribution in [0.5, 0.6) is 0 Å². The maximum atomic E-state index is 11.3. The highest BCUT2D eigenvalue weighted by atomic mass is 32.2. The summed E-state index contributed by atoms with van der Waals surface area (Å²) in [7, 11) is 0. The van der Waals surface area contributed by atoms with Crippen LogP contribution in [-0.4, -0.2) is 16.9 Å². The maximum absolute atomic E-state index is 11.3. The standard InChI is InChI=1S/C15H12O3S/c16-13(15(17)18)10-11-6-4-5-9-14(11)19-12-7-2-1-3-8-12/h1-9H,10H2,(H,17,18). The molecule has 0 bridgehead atoms. The Morgan fingerprint density at radius 3 is 2.26 bits per heavy atom. The minimum atomic E-state index is -1.39. The molecule has 3 nitrogen and oxygen atoms in total. The van der Waals surface area contributed by atoms with Gasteiger partial charge in [-0.1, -0.05) is 48.2 Å². The van der Waals surface area contributed by atoms with Crippen LogP contribution in [-0.2, 0) is 16.0 Å². The lowest BCUT2D eigenvalue weighted by molar-refractivity contribution is -0.148. The van der Waals surface area contributed by atoms with Gasteiger partial charge in [0.2, 0.25) is 5.78 Å². The van der Waals surface area contributed by atoms with Crippen LogP contribution in [0.3, 0.4) is 0 Å². The van der Waals surface area contributed by atoms with Crippen LogP contribution < -0.4 is 0 Å². The fourth-order valence-electron chi connectivity index (χ4n) is 1.61. The van der Waals surface area contributed by atoms with Crippen LogP contribution in [0, 0.1) is 0 Å². The first-order valence-electron chi connectivity index (χ1n) is 5.74. The van der Waals surface area contributed by atoms with Crippen molar-refractivity contribution >= 4 is 23.5 Å². The van der Waals surface area contributed by atoms with Crippen LogP contribution >= 0.6 is 11.8 Å². The highest BCUT2D eigenvalue weighted by Crippen LogP contribution is 2.30. The number of carboxylic acids is 1. The van der Waals surface area contributed by atoms with E-state index in [2.05, 4.69) is 0 Å². The van der Waals surface area contributed by atoms with Crippen molar-refractivity contribution in [2.24, 2.45) is 0 Å². The Morgan fingerprint density at radius 1 is 0.947 bits per heavy atom. The van der Waals surface area contributed by atoms with E-state index in [0.717, 1.165) is 15.4 Å². The minimum Gasteiger partial charge on any atom is -0.475 e. The monoisotopic (exact) mass is 272 g/mol. The Balaban J connectivity index is 2.21. The van der Waals surface area contributed by atoms with Crippen molar-refractivity contribution in [2.75, 3.05) is 0 Å². The fourth-order valence-corrected chi connectivity index (χ4v) is 2.58. The van der Waals surface area contributed by atoms with Crippen LogP contribution in [0.2, 0.25) is 0 Å². The molecule has 0 aliphatic rings. The first-order chi connectivity index (χ1) is 9.16. The summed E-state index contributed by atoms with van der Waals surface area (Å²) in [6.45, 7) is 0. The van der Waals surface area contributed by atoms with Gasteiger partial charge in [0.15, 0.2) is 0 Å². The van der Waals surface area contributed by atoms with Gasteiger partial charge >= 0.3 is 5.97 Å². The number of carboxylic acid groups (broad SMARTS) is 1. The third-order valence-corrected chi connectivity index (χ3v) is 3.66. The third kappa shape index (κ3) is 3.69. The van der Waals surface area contributed by atoms with E-state index in [1.54, 1.807) is 12.1 Å². The summed E-state index contributed by atoms with van der Waals surface area (Å²) in [6, 6.07) is 17.1. The second kappa shape index (κ2) is 6.20. The van der Waals surface area contributed by atoms with Crippen LogP contribution in [0.15, 0.2) is 64.4 Å². The molecule has 2 aromatic carbocycles. The summed E-state index contributed by atoms with van der Waals surface area (Å²) >= 11 is 1.52. The van der Waals surface area contributed by atoms with Crippen LogP contribution in [0.25, 0.3) is 0 Å². The molecule has 96 valence electrons. The van der Waals surface area contributed by atoms with Crippen molar-refractivity contribution in [1.82, 2.24) is 0 Å². The molecule has 4 heteroatoms. The summed E-state index contributed by atoms with van der Waals surface area (Å²) in [5.41, 5.74) is 0.740. The highest BCUT2D eigenvalue weighted by molar-refractivity contribution is 7.99. The molecule has 0 aromatic heterocycles. The number of hydrogen-bond acceptors (Lipinski definition) is 3. The van der Waals surface area contributed by atoms with E-state index in [1.165, 1.54) is 11.8 Å². The van der Waals surface area contributed by atoms with Crippen molar-refractivity contribution in [2.45, 2.75) is 16.2 Å². The lowest BCUT2D eigenvalue weighted by Crippen LogP contribution is -2.15. The lowest BCUT2D eigenvalue weighted by Gasteiger charge is -2.07. The summed E-state index contributed by atoms with van der Waals surface area (Å²) in [6.07, 6.45) is -0.0780. The molecule has 0 heterocycles. The number of carbonyl (C=O) groups excluding carboxylic acids is 1. The molecule has 0 amide bonds. The van der Waals surface area contributed by atoms with Gasteiger partial charge in [-0.05, 0) is 23.8 Å². The van der Waals surface area contributed by atoms with E-state index < -0.39 is 11.8 Å². The topological polar surface area (TPSA) is 54.4 Å². The smallest absolute Gasteiger partial charge is 0.372 e. The fraction of sp³-hybridized carbons (Fsp3) is 0.0667. The quantitative estimate of drug-likeness (QED) is 0.850. The van der Waals surface area contributed by atoms with Gasteiger partial charge in [0, 0.05) is 16.2 Å². The molecule has 0 aliphatic heterocycles. The molecule has 0 spiro atoms. The van der Waals surface area contributed by atoms with Crippen molar-refractivity contribution in [3.05, 3.63) is 60.2 Å². The molecule has 0 atom stereocenters. The number of benzene rings is 2. The van der Waals surface area contributed by atoms with E-state index in [0.29, 0.717) is 0 Å². The Bertz CT molecular complexity index is 593. The Hall–Kier alpha value is -2.07. The van der Waals surface area contributed by atoms with Gasteiger partial charge in [-0.3, -0.25) is 4.79 Å². The second-order valence-electron chi connectivity index (χ2n) is 3.93. The zero-order valence-corrected chi connectivity index (χ0v) is 10.9. The SMILES string of the molecule is O=C(O)C(=O)Cc1ccccc1Sc1ccccc1. The molecule has 0 fully saturated rings. The third-order valence-electron chi connectivity index (χ3n) is 2.53. The molecule has 2 aromatic rings. The van der Waals surface area contributed by atoms with Crippen molar-refractivity contribution in [1.29, 1.82) is 0 Å². The molecule has 1 N–H and O–H groups in total. The van der Waals surface area contributed by atoms with E-state index in [4.69, 9.17) is 5.11 Å². The average Bonchev–Trinajstić information content (AvgIpc) is 2.42. The molecular weight excluding hydrogens is 260 g/mol. The summed E-state index contributed by atoms with van der Waals surface area (Å²) in [4.78, 5) is 23.9. The highest BCUT2D eigenvalue weighted by Gasteiger charge is 2.14. The predicted molar refractivity (Wildman–Crippen MR) is 73.4 cm³/mol. The van der Waals surface area contributed by atoms with Gasteiger partial charge in [0.25, 0.3) is 0 Å². The van der Waals surface area contributed by atoms with Gasteiger partial charge < -0.3 is 5.11 Å². The number of ketones is 1. The Morgan fingerprint density at radius 2 is 1.58 bits per heavy atom. The Kier molecular flexibility index (Phi) is 4.36. The van der Waals surface area contributed by atoms with E-state index >= 15 is 0 Å². The van der Waals surface area contributed by atoms with Crippen molar-refractivity contribution in [3.8, 4) is 0 Å². The van der Waals surface area contributed by atoms with Crippen molar-refractivity contribution in [3.63, 3.8) is 0 Å². The average molecular weight is 272 g/mol. The van der Waals surface area contributed by atoms with Gasteiger partial charge in [-0.15, -0.1) is 0 Å². The molecule has 0 unspecified atom stereocenters. The summed E-state index contributed by atoms with van der Waals surface area (Å²) in [5.74, 6) is -2.18. The zero-order valence-electron chi connectivity index (χ0n) is 10.1. The van der Waals surface area contributed by atoms with Crippen LogP contribution in [0.4, 0.5) is 0 Å². The molecule has 0 saturated carbocycles. The van der Waals surface area contributed by atoms with Crippen LogP contribution in [0.1, 0.15) is 5.56 Å². The van der Waals surface area contributed by atoms with Gasteiger partial charge in [-0.25, -0.2) is 4.79 Å². The second-order valence-corrected chi connectivity index (χ2v) is 5.04. The normalized spacial score (nSPS) is 10.1. The molecule has 19 heavy (non-hydrogen) atoms. The van der Waals surface area contributed by atoms with Gasteiger partial charge in [0.05, 0.1) is 0 Å². The zero-order chi connectivity index (χ0) is 13.7. The number of aliphatic carboxylic acids is 1. The maximum Gasteiger partial charge on any atom is 0.372 e. The van der Waals surface area contributed by atoms with Crippen molar-refractivity contribution < 1.29 is 14.7 Å². The van der Waals surface area contributed by atoms with Gasteiger partial charge in [0.1, 0.15) is 0 Å². The molecule has 0 radical (unpaired) electrons. The number of Topliss-reactive ketones (excluding diaryl/α,β-unsaturated/α-hetero) is 1. The van der Waals surface area contributed by atoms with E-state index in [9.17, 15) is 9.59 Å². The number of carbonyl (C=O) groups is 2. The molecule has 2 rings (SSSR count). The summed E-state index contributed by atoms with van der Waals surface area (Å²) in [5, 5.41) is 8.67. The minimum absolute atomic E-state index is 0.0780. The first kappa shape index (κ1) is 13.4.